The maximum atomic E-state index is 6.02. The van der Waals surface area contributed by atoms with Crippen LogP contribution >= 0.6 is 27.5 Å². The lowest BCUT2D eigenvalue weighted by Gasteiger charge is -2.21. The SMILES string of the molecule is CN(Cc1cccc(Cl)c1)c1ccc(CCN)cc1Br. The molecule has 0 bridgehead atoms. The van der Waals surface area contributed by atoms with Crippen LogP contribution in [0.3, 0.4) is 0 Å². The topological polar surface area (TPSA) is 29.3 Å². The first-order valence-corrected chi connectivity index (χ1v) is 7.71. The summed E-state index contributed by atoms with van der Waals surface area (Å²) in [6, 6.07) is 14.3. The molecule has 0 aliphatic rings. The summed E-state index contributed by atoms with van der Waals surface area (Å²) in [6.07, 6.45) is 0.900. The summed E-state index contributed by atoms with van der Waals surface area (Å²) >= 11 is 9.66. The molecule has 0 unspecified atom stereocenters. The van der Waals surface area contributed by atoms with E-state index < -0.39 is 0 Å². The first kappa shape index (κ1) is 15.4. The van der Waals surface area contributed by atoms with Crippen molar-refractivity contribution in [3.63, 3.8) is 0 Å². The van der Waals surface area contributed by atoms with Gasteiger partial charge in [0.2, 0.25) is 0 Å². The third-order valence-electron chi connectivity index (χ3n) is 3.17. The molecular weight excluding hydrogens is 336 g/mol. The highest BCUT2D eigenvalue weighted by atomic mass is 79.9. The van der Waals surface area contributed by atoms with Gasteiger partial charge >= 0.3 is 0 Å². The Morgan fingerprint density at radius 2 is 1.95 bits per heavy atom. The van der Waals surface area contributed by atoms with Gasteiger partial charge in [0.25, 0.3) is 0 Å². The van der Waals surface area contributed by atoms with Crippen LogP contribution in [-0.2, 0) is 13.0 Å². The quantitative estimate of drug-likeness (QED) is 0.871. The first-order valence-electron chi connectivity index (χ1n) is 6.54. The minimum Gasteiger partial charge on any atom is -0.369 e. The highest BCUT2D eigenvalue weighted by Gasteiger charge is 2.07. The molecule has 0 heterocycles. The van der Waals surface area contributed by atoms with Gasteiger partial charge in [-0.1, -0.05) is 29.8 Å². The van der Waals surface area contributed by atoms with Crippen LogP contribution in [0.4, 0.5) is 5.69 Å². The van der Waals surface area contributed by atoms with E-state index in [1.165, 1.54) is 11.1 Å². The maximum Gasteiger partial charge on any atom is 0.0511 e. The van der Waals surface area contributed by atoms with Crippen LogP contribution in [0.15, 0.2) is 46.9 Å². The lowest BCUT2D eigenvalue weighted by atomic mass is 10.1. The van der Waals surface area contributed by atoms with E-state index in [1.54, 1.807) is 0 Å². The van der Waals surface area contributed by atoms with Gasteiger partial charge in [-0.15, -0.1) is 0 Å². The van der Waals surface area contributed by atoms with Gasteiger partial charge in [0.1, 0.15) is 0 Å². The Morgan fingerprint density at radius 3 is 2.60 bits per heavy atom. The largest absolute Gasteiger partial charge is 0.369 e. The van der Waals surface area contributed by atoms with Crippen molar-refractivity contribution in [2.45, 2.75) is 13.0 Å². The predicted molar refractivity (Wildman–Crippen MR) is 90.5 cm³/mol. The van der Waals surface area contributed by atoms with Gasteiger partial charge in [0.05, 0.1) is 5.69 Å². The molecule has 0 aliphatic carbocycles. The third kappa shape index (κ3) is 3.98. The number of hydrogen-bond donors (Lipinski definition) is 1. The molecule has 0 spiro atoms. The molecule has 20 heavy (non-hydrogen) atoms. The molecule has 2 rings (SSSR count). The fraction of sp³-hybridized carbons (Fsp3) is 0.250. The molecule has 2 nitrogen and oxygen atoms in total. The molecule has 0 radical (unpaired) electrons. The van der Waals surface area contributed by atoms with Crippen LogP contribution in [0.25, 0.3) is 0 Å². The number of anilines is 1. The van der Waals surface area contributed by atoms with Crippen LogP contribution < -0.4 is 10.6 Å². The molecule has 2 N–H and O–H groups in total. The van der Waals surface area contributed by atoms with E-state index in [1.807, 2.05) is 18.2 Å². The standard InChI is InChI=1S/C16H18BrClN2/c1-20(11-13-3-2-4-14(18)9-13)16-6-5-12(7-8-19)10-15(16)17/h2-6,9-10H,7-8,11,19H2,1H3. The minimum absolute atomic E-state index is 0.671. The lowest BCUT2D eigenvalue weighted by molar-refractivity contribution is 0.915. The third-order valence-corrected chi connectivity index (χ3v) is 4.04. The van der Waals surface area contributed by atoms with E-state index in [9.17, 15) is 0 Å². The zero-order valence-corrected chi connectivity index (χ0v) is 13.8. The fourth-order valence-electron chi connectivity index (χ4n) is 2.18. The second-order valence-corrected chi connectivity index (χ2v) is 6.10. The Hall–Kier alpha value is -1.03. The highest BCUT2D eigenvalue weighted by molar-refractivity contribution is 9.10. The molecule has 0 saturated heterocycles. The number of rotatable bonds is 5. The van der Waals surface area contributed by atoms with Crippen molar-refractivity contribution in [1.82, 2.24) is 0 Å². The van der Waals surface area contributed by atoms with Crippen molar-refractivity contribution < 1.29 is 0 Å². The molecule has 2 aromatic rings. The molecule has 0 atom stereocenters. The van der Waals surface area contributed by atoms with Crippen molar-refractivity contribution in [3.8, 4) is 0 Å². The molecule has 0 amide bonds. The Kier molecular flexibility index (Phi) is 5.46. The molecule has 2 aromatic carbocycles. The Morgan fingerprint density at radius 1 is 1.15 bits per heavy atom. The van der Waals surface area contributed by atoms with Crippen LogP contribution in [0.1, 0.15) is 11.1 Å². The summed E-state index contributed by atoms with van der Waals surface area (Å²) in [4.78, 5) is 2.20. The normalized spacial score (nSPS) is 10.6. The van der Waals surface area contributed by atoms with Crippen molar-refractivity contribution in [3.05, 3.63) is 63.1 Å². The summed E-state index contributed by atoms with van der Waals surface area (Å²) in [5, 5.41) is 0.772. The van der Waals surface area contributed by atoms with Gasteiger partial charge in [0, 0.05) is 23.1 Å². The second kappa shape index (κ2) is 7.11. The van der Waals surface area contributed by atoms with Crippen LogP contribution in [0.2, 0.25) is 5.02 Å². The number of benzene rings is 2. The molecular formula is C16H18BrClN2. The van der Waals surface area contributed by atoms with Gasteiger partial charge in [-0.25, -0.2) is 0 Å². The number of nitrogens with zero attached hydrogens (tertiary/aromatic N) is 1. The summed E-state index contributed by atoms with van der Waals surface area (Å²) < 4.78 is 1.09. The zero-order valence-electron chi connectivity index (χ0n) is 11.4. The Labute approximate surface area is 133 Å². The molecule has 4 heteroatoms. The van der Waals surface area contributed by atoms with Gasteiger partial charge in [0.15, 0.2) is 0 Å². The van der Waals surface area contributed by atoms with Gasteiger partial charge in [-0.05, 0) is 64.3 Å². The van der Waals surface area contributed by atoms with Crippen molar-refractivity contribution in [2.24, 2.45) is 5.73 Å². The number of hydrogen-bond acceptors (Lipinski definition) is 2. The van der Waals surface area contributed by atoms with Crippen LogP contribution in [0.5, 0.6) is 0 Å². The zero-order chi connectivity index (χ0) is 14.5. The summed E-state index contributed by atoms with van der Waals surface area (Å²) in [6.45, 7) is 1.49. The molecule has 0 aliphatic heterocycles. The van der Waals surface area contributed by atoms with E-state index in [2.05, 4.69) is 52.1 Å². The van der Waals surface area contributed by atoms with Gasteiger partial charge in [-0.3, -0.25) is 0 Å². The maximum absolute atomic E-state index is 6.02. The van der Waals surface area contributed by atoms with Crippen LogP contribution in [-0.4, -0.2) is 13.6 Å². The van der Waals surface area contributed by atoms with E-state index in [-0.39, 0.29) is 0 Å². The molecule has 0 fully saturated rings. The Bertz CT molecular complexity index is 586. The minimum atomic E-state index is 0.671. The molecule has 106 valence electrons. The molecule has 0 saturated carbocycles. The predicted octanol–water partition coefficient (Wildman–Crippen LogP) is 4.24. The average Bonchev–Trinajstić information content (AvgIpc) is 2.39. The van der Waals surface area contributed by atoms with E-state index in [4.69, 9.17) is 17.3 Å². The van der Waals surface area contributed by atoms with Crippen molar-refractivity contribution >= 4 is 33.2 Å². The van der Waals surface area contributed by atoms with Crippen molar-refractivity contribution in [2.75, 3.05) is 18.5 Å². The number of halogens is 2. The summed E-state index contributed by atoms with van der Waals surface area (Å²) in [5.41, 5.74) is 9.19. The summed E-state index contributed by atoms with van der Waals surface area (Å²) in [7, 11) is 2.07. The van der Waals surface area contributed by atoms with E-state index in [0.717, 1.165) is 28.1 Å². The fourth-order valence-corrected chi connectivity index (χ4v) is 3.12. The lowest BCUT2D eigenvalue weighted by Crippen LogP contribution is -2.17. The monoisotopic (exact) mass is 352 g/mol. The second-order valence-electron chi connectivity index (χ2n) is 4.81. The first-order chi connectivity index (χ1) is 9.60. The van der Waals surface area contributed by atoms with Gasteiger partial charge in [-0.2, -0.15) is 0 Å². The Balaban J connectivity index is 2.14. The average molecular weight is 354 g/mol. The van der Waals surface area contributed by atoms with E-state index >= 15 is 0 Å². The summed E-state index contributed by atoms with van der Waals surface area (Å²) in [5.74, 6) is 0. The smallest absolute Gasteiger partial charge is 0.0511 e. The van der Waals surface area contributed by atoms with Crippen molar-refractivity contribution in [1.29, 1.82) is 0 Å². The van der Waals surface area contributed by atoms with Gasteiger partial charge < -0.3 is 10.6 Å². The molecule has 0 aromatic heterocycles. The highest BCUT2D eigenvalue weighted by Crippen LogP contribution is 2.28. The number of nitrogens with two attached hydrogens (primary N) is 1. The van der Waals surface area contributed by atoms with E-state index in [0.29, 0.717) is 6.54 Å². The van der Waals surface area contributed by atoms with Crippen LogP contribution in [0, 0.1) is 0 Å².